The lowest BCUT2D eigenvalue weighted by Gasteiger charge is -2.34. The first-order valence-electron chi connectivity index (χ1n) is 7.34. The van der Waals surface area contributed by atoms with Crippen LogP contribution in [0.2, 0.25) is 0 Å². The Hall–Kier alpha value is -0.660. The molecule has 0 aromatic carbocycles. The summed E-state index contributed by atoms with van der Waals surface area (Å²) in [5.74, 6) is 0.302. The summed E-state index contributed by atoms with van der Waals surface area (Å²) in [7, 11) is 0. The molecule has 0 aromatic rings. The lowest BCUT2D eigenvalue weighted by atomic mass is 9.81. The minimum absolute atomic E-state index is 0.0593. The van der Waals surface area contributed by atoms with E-state index in [1.165, 1.54) is 6.92 Å². The van der Waals surface area contributed by atoms with Crippen molar-refractivity contribution < 1.29 is 23.4 Å². The smallest absolute Gasteiger partial charge is 0.393 e. The van der Waals surface area contributed by atoms with Gasteiger partial charge in [0, 0.05) is 6.21 Å². The molecule has 0 heterocycles. The third kappa shape index (κ3) is 4.40. The van der Waals surface area contributed by atoms with Crippen LogP contribution in [0.3, 0.4) is 0 Å². The Morgan fingerprint density at radius 3 is 2.48 bits per heavy atom. The van der Waals surface area contributed by atoms with E-state index in [1.54, 1.807) is 6.21 Å². The summed E-state index contributed by atoms with van der Waals surface area (Å²) in [5, 5.41) is 19.4. The van der Waals surface area contributed by atoms with E-state index in [0.29, 0.717) is 6.42 Å². The van der Waals surface area contributed by atoms with Gasteiger partial charge in [0.05, 0.1) is 18.7 Å². The number of alkyl halides is 3. The van der Waals surface area contributed by atoms with Crippen LogP contribution in [0.5, 0.6) is 0 Å². The van der Waals surface area contributed by atoms with Gasteiger partial charge in [0.15, 0.2) is 5.60 Å². The molecule has 1 aliphatic rings. The highest BCUT2D eigenvalue weighted by Gasteiger charge is 2.56. The van der Waals surface area contributed by atoms with Gasteiger partial charge < -0.3 is 15.9 Å². The first-order chi connectivity index (χ1) is 9.61. The highest BCUT2D eigenvalue weighted by atomic mass is 19.4. The molecule has 5 atom stereocenters. The lowest BCUT2D eigenvalue weighted by Crippen LogP contribution is -2.59. The first-order valence-corrected chi connectivity index (χ1v) is 7.34. The molecule has 1 aliphatic carbocycles. The first kappa shape index (κ1) is 18.4. The molecular weight excluding hydrogens is 285 g/mol. The monoisotopic (exact) mass is 310 g/mol. The van der Waals surface area contributed by atoms with Gasteiger partial charge in [-0.25, -0.2) is 0 Å². The maximum Gasteiger partial charge on any atom is 0.418 e. The van der Waals surface area contributed by atoms with Crippen LogP contribution < -0.4 is 5.73 Å². The molecule has 21 heavy (non-hydrogen) atoms. The number of aliphatic hydroxyl groups excluding tert-OH is 1. The summed E-state index contributed by atoms with van der Waals surface area (Å²) in [6.07, 6.45) is -1.82. The Morgan fingerprint density at radius 2 is 2.00 bits per heavy atom. The number of aliphatic imine (C=N–C) groups is 1. The van der Waals surface area contributed by atoms with Crippen molar-refractivity contribution in [2.24, 2.45) is 22.6 Å². The standard InChI is InChI=1S/C14H25F3N2O2/c1-3-13(21,14(15,16)17)12(18)8-19-7-10-5-4-9(2)11(20)6-10/h7,9-12,20-21H,3-6,8,18H2,1-2H3. The average molecular weight is 310 g/mol. The summed E-state index contributed by atoms with van der Waals surface area (Å²) in [6, 6.07) is -1.49. The van der Waals surface area contributed by atoms with Crippen molar-refractivity contribution >= 4 is 6.21 Å². The Labute approximate surface area is 123 Å². The Balaban J connectivity index is 2.56. The number of hydrogen-bond donors (Lipinski definition) is 3. The number of rotatable bonds is 5. The molecule has 1 rings (SSSR count). The van der Waals surface area contributed by atoms with Crippen molar-refractivity contribution in [3.05, 3.63) is 0 Å². The van der Waals surface area contributed by atoms with E-state index in [9.17, 15) is 23.4 Å². The van der Waals surface area contributed by atoms with Gasteiger partial charge in [0.25, 0.3) is 0 Å². The third-order valence-corrected chi connectivity index (χ3v) is 4.46. The fraction of sp³-hybridized carbons (Fsp3) is 0.929. The summed E-state index contributed by atoms with van der Waals surface area (Å²) in [6.45, 7) is 2.93. The second-order valence-electron chi connectivity index (χ2n) is 6.01. The molecule has 0 bridgehead atoms. The van der Waals surface area contributed by atoms with Crippen molar-refractivity contribution in [2.45, 2.75) is 63.5 Å². The van der Waals surface area contributed by atoms with Gasteiger partial charge in [-0.15, -0.1) is 0 Å². The molecular formula is C14H25F3N2O2. The fourth-order valence-corrected chi connectivity index (χ4v) is 2.61. The van der Waals surface area contributed by atoms with Crippen molar-refractivity contribution in [1.29, 1.82) is 0 Å². The zero-order valence-electron chi connectivity index (χ0n) is 12.5. The fourth-order valence-electron chi connectivity index (χ4n) is 2.61. The number of halogens is 3. The zero-order valence-corrected chi connectivity index (χ0v) is 12.5. The molecule has 4 N–H and O–H groups in total. The molecule has 0 amide bonds. The van der Waals surface area contributed by atoms with Crippen molar-refractivity contribution in [1.82, 2.24) is 0 Å². The molecule has 0 saturated heterocycles. The normalized spacial score (nSPS) is 32.1. The van der Waals surface area contributed by atoms with E-state index >= 15 is 0 Å². The van der Waals surface area contributed by atoms with Gasteiger partial charge in [-0.1, -0.05) is 13.8 Å². The Bertz CT molecular complexity index is 363. The second-order valence-corrected chi connectivity index (χ2v) is 6.01. The topological polar surface area (TPSA) is 78.8 Å². The number of hydrogen-bond acceptors (Lipinski definition) is 4. The number of aliphatic hydroxyl groups is 2. The lowest BCUT2D eigenvalue weighted by molar-refractivity contribution is -0.267. The van der Waals surface area contributed by atoms with Crippen LogP contribution >= 0.6 is 0 Å². The highest BCUT2D eigenvalue weighted by molar-refractivity contribution is 5.61. The van der Waals surface area contributed by atoms with E-state index in [-0.39, 0.29) is 18.4 Å². The molecule has 1 fully saturated rings. The summed E-state index contributed by atoms with van der Waals surface area (Å²) < 4.78 is 38.4. The van der Waals surface area contributed by atoms with Gasteiger partial charge in [-0.05, 0) is 37.5 Å². The predicted octanol–water partition coefficient (Wildman–Crippen LogP) is 1.88. The van der Waals surface area contributed by atoms with Crippen LogP contribution in [0.15, 0.2) is 4.99 Å². The van der Waals surface area contributed by atoms with Crippen LogP contribution in [0.4, 0.5) is 13.2 Å². The van der Waals surface area contributed by atoms with Gasteiger partial charge in [0.2, 0.25) is 0 Å². The predicted molar refractivity (Wildman–Crippen MR) is 75.1 cm³/mol. The van der Waals surface area contributed by atoms with Crippen LogP contribution in [0.25, 0.3) is 0 Å². The number of nitrogens with zero attached hydrogens (tertiary/aromatic N) is 1. The van der Waals surface area contributed by atoms with Crippen molar-refractivity contribution in [3.8, 4) is 0 Å². The second kappa shape index (κ2) is 7.07. The van der Waals surface area contributed by atoms with Crippen LogP contribution in [0, 0.1) is 11.8 Å². The molecule has 5 unspecified atom stereocenters. The Morgan fingerprint density at radius 1 is 1.38 bits per heavy atom. The zero-order chi connectivity index (χ0) is 16.3. The molecule has 4 nitrogen and oxygen atoms in total. The van der Waals surface area contributed by atoms with E-state index in [0.717, 1.165) is 12.8 Å². The van der Waals surface area contributed by atoms with Crippen molar-refractivity contribution in [2.75, 3.05) is 6.54 Å². The van der Waals surface area contributed by atoms with Crippen molar-refractivity contribution in [3.63, 3.8) is 0 Å². The molecule has 0 aromatic heterocycles. The largest absolute Gasteiger partial charge is 0.418 e. The molecule has 124 valence electrons. The molecule has 0 radical (unpaired) electrons. The molecule has 1 saturated carbocycles. The van der Waals surface area contributed by atoms with E-state index in [2.05, 4.69) is 4.99 Å². The van der Waals surface area contributed by atoms with Gasteiger partial charge in [-0.3, -0.25) is 4.99 Å². The third-order valence-electron chi connectivity index (χ3n) is 4.46. The number of nitrogens with two attached hydrogens (primary N) is 1. The Kier molecular flexibility index (Phi) is 6.19. The minimum Gasteiger partial charge on any atom is -0.393 e. The maximum absolute atomic E-state index is 12.8. The summed E-state index contributed by atoms with van der Waals surface area (Å²) in [5.41, 5.74) is 2.57. The average Bonchev–Trinajstić information content (AvgIpc) is 2.40. The molecule has 0 spiro atoms. The molecule has 0 aliphatic heterocycles. The van der Waals surface area contributed by atoms with E-state index < -0.39 is 30.3 Å². The summed E-state index contributed by atoms with van der Waals surface area (Å²) in [4.78, 5) is 3.96. The van der Waals surface area contributed by atoms with E-state index in [4.69, 9.17) is 5.73 Å². The van der Waals surface area contributed by atoms with Crippen LogP contribution in [-0.4, -0.2) is 46.9 Å². The summed E-state index contributed by atoms with van der Waals surface area (Å²) >= 11 is 0. The van der Waals surface area contributed by atoms with Gasteiger partial charge in [0.1, 0.15) is 0 Å². The SMILES string of the molecule is CCC(O)(C(N)CN=CC1CCC(C)C(O)C1)C(F)(F)F. The van der Waals surface area contributed by atoms with Crippen LogP contribution in [-0.2, 0) is 0 Å². The molecule has 7 heteroatoms. The maximum atomic E-state index is 12.8. The minimum atomic E-state index is -4.77. The van der Waals surface area contributed by atoms with Crippen LogP contribution in [0.1, 0.15) is 39.5 Å². The van der Waals surface area contributed by atoms with E-state index in [1.807, 2.05) is 6.92 Å². The quantitative estimate of drug-likeness (QED) is 0.678. The van der Waals surface area contributed by atoms with Gasteiger partial charge >= 0.3 is 6.18 Å². The highest BCUT2D eigenvalue weighted by Crippen LogP contribution is 2.35. The van der Waals surface area contributed by atoms with Gasteiger partial charge in [-0.2, -0.15) is 13.2 Å².